The van der Waals surface area contributed by atoms with Crippen LogP contribution in [0.15, 0.2) is 73.6 Å². The van der Waals surface area contributed by atoms with Crippen molar-refractivity contribution in [3.63, 3.8) is 0 Å². The SMILES string of the molecule is C=CC(=O)Nc1cc(Cc2nccc(-n3cc(CN(C)C)c(-c4ccccc4)n3)n2)c(OC)cc1N1CCCCC1. The lowest BCUT2D eigenvalue weighted by atomic mass is 10.0. The van der Waals surface area contributed by atoms with Gasteiger partial charge < -0.3 is 19.9 Å². The summed E-state index contributed by atoms with van der Waals surface area (Å²) in [5.41, 5.74) is 5.66. The lowest BCUT2D eigenvalue weighted by Crippen LogP contribution is -2.30. The van der Waals surface area contributed by atoms with Crippen LogP contribution in [0.5, 0.6) is 5.75 Å². The summed E-state index contributed by atoms with van der Waals surface area (Å²) in [6.07, 6.45) is 8.95. The van der Waals surface area contributed by atoms with Gasteiger partial charge in [0.1, 0.15) is 11.6 Å². The number of amides is 1. The van der Waals surface area contributed by atoms with Crippen LogP contribution in [-0.2, 0) is 17.8 Å². The second-order valence-electron chi connectivity index (χ2n) is 10.5. The Morgan fingerprint density at radius 3 is 2.59 bits per heavy atom. The third-order valence-corrected chi connectivity index (χ3v) is 7.14. The molecule has 0 atom stereocenters. The van der Waals surface area contributed by atoms with Crippen LogP contribution in [0.4, 0.5) is 11.4 Å². The minimum absolute atomic E-state index is 0.251. The minimum Gasteiger partial charge on any atom is -0.496 e. The number of aromatic nitrogens is 4. The van der Waals surface area contributed by atoms with E-state index in [2.05, 4.69) is 38.8 Å². The zero-order valence-corrected chi connectivity index (χ0v) is 24.0. The molecule has 9 nitrogen and oxygen atoms in total. The van der Waals surface area contributed by atoms with Gasteiger partial charge >= 0.3 is 0 Å². The zero-order chi connectivity index (χ0) is 28.8. The van der Waals surface area contributed by atoms with Crippen molar-refractivity contribution in [2.45, 2.75) is 32.2 Å². The Kier molecular flexibility index (Phi) is 8.74. The molecule has 0 bridgehead atoms. The van der Waals surface area contributed by atoms with Gasteiger partial charge in [0, 0.05) is 67.3 Å². The van der Waals surface area contributed by atoms with Crippen molar-refractivity contribution in [3.05, 3.63) is 90.5 Å². The number of hydrogen-bond donors (Lipinski definition) is 1. The number of piperidine rings is 1. The number of nitrogens with zero attached hydrogens (tertiary/aromatic N) is 6. The predicted molar refractivity (Wildman–Crippen MR) is 163 cm³/mol. The van der Waals surface area contributed by atoms with Gasteiger partial charge in [-0.1, -0.05) is 36.9 Å². The van der Waals surface area contributed by atoms with Crippen molar-refractivity contribution in [2.75, 3.05) is 44.5 Å². The van der Waals surface area contributed by atoms with Gasteiger partial charge in [0.25, 0.3) is 0 Å². The van der Waals surface area contributed by atoms with Crippen LogP contribution in [0.25, 0.3) is 17.1 Å². The van der Waals surface area contributed by atoms with Crippen LogP contribution in [-0.4, -0.2) is 64.9 Å². The number of carbonyl (C=O) groups is 1. The molecule has 1 aliphatic heterocycles. The summed E-state index contributed by atoms with van der Waals surface area (Å²) in [6.45, 7) is 6.25. The Labute approximate surface area is 241 Å². The van der Waals surface area contributed by atoms with Gasteiger partial charge in [-0.2, -0.15) is 5.10 Å². The Hall–Kier alpha value is -4.50. The van der Waals surface area contributed by atoms with E-state index in [1.165, 1.54) is 12.5 Å². The fraction of sp³-hybridized carbons (Fsp3) is 0.312. The van der Waals surface area contributed by atoms with E-state index >= 15 is 0 Å². The maximum atomic E-state index is 12.3. The maximum absolute atomic E-state index is 12.3. The van der Waals surface area contributed by atoms with Crippen LogP contribution in [0.2, 0.25) is 0 Å². The first-order valence-corrected chi connectivity index (χ1v) is 14.0. The maximum Gasteiger partial charge on any atom is 0.247 e. The van der Waals surface area contributed by atoms with E-state index in [9.17, 15) is 4.79 Å². The largest absolute Gasteiger partial charge is 0.496 e. The molecule has 9 heteroatoms. The first-order valence-electron chi connectivity index (χ1n) is 14.0. The van der Waals surface area contributed by atoms with Gasteiger partial charge in [-0.25, -0.2) is 14.6 Å². The summed E-state index contributed by atoms with van der Waals surface area (Å²) >= 11 is 0. The molecule has 0 spiro atoms. The van der Waals surface area contributed by atoms with Crippen LogP contribution < -0.4 is 15.0 Å². The lowest BCUT2D eigenvalue weighted by Gasteiger charge is -2.31. The molecule has 3 heterocycles. The number of ether oxygens (including phenoxy) is 1. The molecule has 0 radical (unpaired) electrons. The van der Waals surface area contributed by atoms with Crippen molar-refractivity contribution in [1.82, 2.24) is 24.6 Å². The summed E-state index contributed by atoms with van der Waals surface area (Å²) in [4.78, 5) is 26.2. The molecule has 5 rings (SSSR count). The predicted octanol–water partition coefficient (Wildman–Crippen LogP) is 5.11. The van der Waals surface area contributed by atoms with E-state index in [-0.39, 0.29) is 5.91 Å². The molecule has 0 unspecified atom stereocenters. The molecule has 41 heavy (non-hydrogen) atoms. The second-order valence-corrected chi connectivity index (χ2v) is 10.5. The molecule has 0 aliphatic carbocycles. The Balaban J connectivity index is 1.49. The summed E-state index contributed by atoms with van der Waals surface area (Å²) in [5, 5.41) is 7.92. The standard InChI is InChI=1S/C32H37N7O2/c1-5-31(40)34-26-18-24(28(41-4)20-27(26)38-16-10-7-11-17-38)19-29-33-15-14-30(35-29)39-22-25(21-37(2)3)32(36-39)23-12-8-6-9-13-23/h5-6,8-9,12-15,18,20,22H,1,7,10-11,16-17,19,21H2,2-4H3,(H,34,40). The van der Waals surface area contributed by atoms with E-state index in [0.717, 1.165) is 72.0 Å². The molecular formula is C32H37N7O2. The third kappa shape index (κ3) is 6.63. The van der Waals surface area contributed by atoms with Crippen LogP contribution >= 0.6 is 0 Å². The highest BCUT2D eigenvalue weighted by Crippen LogP contribution is 2.36. The van der Waals surface area contributed by atoms with Gasteiger partial charge in [0.2, 0.25) is 5.91 Å². The normalized spacial score (nSPS) is 13.3. The molecule has 1 saturated heterocycles. The Morgan fingerprint density at radius 1 is 1.10 bits per heavy atom. The smallest absolute Gasteiger partial charge is 0.247 e. The quantitative estimate of drug-likeness (QED) is 0.274. The molecule has 212 valence electrons. The summed E-state index contributed by atoms with van der Waals surface area (Å²) in [6, 6.07) is 16.0. The van der Waals surface area contributed by atoms with E-state index in [1.807, 2.05) is 61.4 Å². The Morgan fingerprint density at radius 2 is 1.88 bits per heavy atom. The van der Waals surface area contributed by atoms with Crippen LogP contribution in [0, 0.1) is 0 Å². The van der Waals surface area contributed by atoms with E-state index in [0.29, 0.717) is 18.1 Å². The molecule has 0 saturated carbocycles. The molecular weight excluding hydrogens is 514 g/mol. The van der Waals surface area contributed by atoms with E-state index < -0.39 is 0 Å². The number of nitrogens with one attached hydrogen (secondary N) is 1. The van der Waals surface area contributed by atoms with Crippen molar-refractivity contribution >= 4 is 17.3 Å². The fourth-order valence-electron chi connectivity index (χ4n) is 5.22. The Bertz CT molecular complexity index is 1510. The van der Waals surface area contributed by atoms with Crippen molar-refractivity contribution in [1.29, 1.82) is 0 Å². The number of anilines is 2. The molecule has 2 aromatic carbocycles. The summed E-state index contributed by atoms with van der Waals surface area (Å²) in [5.74, 6) is 1.79. The van der Waals surface area contributed by atoms with Crippen molar-refractivity contribution in [3.8, 4) is 22.8 Å². The third-order valence-electron chi connectivity index (χ3n) is 7.14. The first-order chi connectivity index (χ1) is 19.9. The lowest BCUT2D eigenvalue weighted by molar-refractivity contribution is -0.111. The average Bonchev–Trinajstić information content (AvgIpc) is 3.41. The van der Waals surface area contributed by atoms with Crippen molar-refractivity contribution in [2.24, 2.45) is 0 Å². The molecule has 2 aromatic heterocycles. The fourth-order valence-corrected chi connectivity index (χ4v) is 5.22. The number of benzene rings is 2. The number of rotatable bonds is 10. The zero-order valence-electron chi connectivity index (χ0n) is 24.0. The molecule has 1 amide bonds. The number of methoxy groups -OCH3 is 1. The molecule has 1 fully saturated rings. The molecule has 1 aliphatic rings. The minimum atomic E-state index is -0.251. The van der Waals surface area contributed by atoms with Gasteiger partial charge in [0.15, 0.2) is 5.82 Å². The molecule has 4 aromatic rings. The van der Waals surface area contributed by atoms with Crippen molar-refractivity contribution < 1.29 is 9.53 Å². The monoisotopic (exact) mass is 551 g/mol. The highest BCUT2D eigenvalue weighted by atomic mass is 16.5. The first kappa shape index (κ1) is 28.0. The average molecular weight is 552 g/mol. The van der Waals surface area contributed by atoms with Gasteiger partial charge in [0.05, 0.1) is 24.2 Å². The number of carbonyl (C=O) groups excluding carboxylic acids is 1. The van der Waals surface area contributed by atoms with Crippen LogP contribution in [0.3, 0.4) is 0 Å². The van der Waals surface area contributed by atoms with Gasteiger partial charge in [-0.3, -0.25) is 4.79 Å². The van der Waals surface area contributed by atoms with E-state index in [1.54, 1.807) is 13.3 Å². The molecule has 1 N–H and O–H groups in total. The highest BCUT2D eigenvalue weighted by molar-refractivity contribution is 6.01. The topological polar surface area (TPSA) is 88.4 Å². The van der Waals surface area contributed by atoms with Crippen LogP contribution in [0.1, 0.15) is 36.2 Å². The van der Waals surface area contributed by atoms with Gasteiger partial charge in [-0.15, -0.1) is 0 Å². The number of hydrogen-bond acceptors (Lipinski definition) is 7. The summed E-state index contributed by atoms with van der Waals surface area (Å²) in [7, 11) is 5.76. The van der Waals surface area contributed by atoms with E-state index in [4.69, 9.17) is 14.8 Å². The van der Waals surface area contributed by atoms with Gasteiger partial charge in [-0.05, 0) is 45.5 Å². The highest BCUT2D eigenvalue weighted by Gasteiger charge is 2.20. The second kappa shape index (κ2) is 12.8. The summed E-state index contributed by atoms with van der Waals surface area (Å²) < 4.78 is 7.64.